The molecule has 0 spiro atoms. The lowest BCUT2D eigenvalue weighted by atomic mass is 10.2. The zero-order valence-corrected chi connectivity index (χ0v) is 12.0. The van der Waals surface area contributed by atoms with Crippen molar-refractivity contribution in [1.29, 1.82) is 0 Å². The standard InChI is InChI=1S/C12H16N2O6S/c13-5-9-1-2-10(20-9)12(17)14(6-11(15)16)8-3-4-21(18,19)7-8/h1-2,8H,3-7,13H2,(H,15,16). The van der Waals surface area contributed by atoms with E-state index in [4.69, 9.17) is 15.3 Å². The fourth-order valence-electron chi connectivity index (χ4n) is 2.28. The summed E-state index contributed by atoms with van der Waals surface area (Å²) in [5.74, 6) is -1.77. The lowest BCUT2D eigenvalue weighted by Gasteiger charge is -2.25. The van der Waals surface area contributed by atoms with E-state index in [-0.39, 0.29) is 30.2 Å². The van der Waals surface area contributed by atoms with E-state index in [0.29, 0.717) is 5.76 Å². The number of nitrogens with two attached hydrogens (primary N) is 1. The van der Waals surface area contributed by atoms with E-state index in [1.807, 2.05) is 0 Å². The van der Waals surface area contributed by atoms with Crippen LogP contribution in [0.25, 0.3) is 0 Å². The molecule has 0 saturated carbocycles. The molecule has 2 heterocycles. The quantitative estimate of drug-likeness (QED) is 0.745. The predicted molar refractivity (Wildman–Crippen MR) is 72.3 cm³/mol. The average molecular weight is 316 g/mol. The van der Waals surface area contributed by atoms with Crippen LogP contribution >= 0.6 is 0 Å². The largest absolute Gasteiger partial charge is 0.480 e. The van der Waals surface area contributed by atoms with Crippen LogP contribution in [-0.4, -0.2) is 54.4 Å². The van der Waals surface area contributed by atoms with Gasteiger partial charge in [0.2, 0.25) is 0 Å². The summed E-state index contributed by atoms with van der Waals surface area (Å²) < 4.78 is 28.2. The molecular formula is C12H16N2O6S. The summed E-state index contributed by atoms with van der Waals surface area (Å²) in [5, 5.41) is 8.93. The first-order valence-electron chi connectivity index (χ1n) is 6.34. The molecule has 0 aliphatic carbocycles. The number of nitrogens with zero attached hydrogens (tertiary/aromatic N) is 1. The lowest BCUT2D eigenvalue weighted by Crippen LogP contribution is -2.44. The highest BCUT2D eigenvalue weighted by molar-refractivity contribution is 7.91. The van der Waals surface area contributed by atoms with E-state index in [9.17, 15) is 18.0 Å². The number of furan rings is 1. The lowest BCUT2D eigenvalue weighted by molar-refractivity contribution is -0.138. The van der Waals surface area contributed by atoms with E-state index in [1.165, 1.54) is 12.1 Å². The summed E-state index contributed by atoms with van der Waals surface area (Å²) in [6, 6.07) is 2.28. The number of carbonyl (C=O) groups is 2. The number of rotatable bonds is 5. The van der Waals surface area contributed by atoms with Gasteiger partial charge < -0.3 is 20.2 Å². The number of carboxylic acid groups (broad SMARTS) is 1. The summed E-state index contributed by atoms with van der Waals surface area (Å²) in [6.07, 6.45) is 0.228. The highest BCUT2D eigenvalue weighted by Crippen LogP contribution is 2.20. The van der Waals surface area contributed by atoms with Gasteiger partial charge in [0, 0.05) is 6.04 Å². The molecule has 0 aromatic carbocycles. The minimum absolute atomic E-state index is 0.0407. The molecule has 0 bridgehead atoms. The molecule has 1 unspecified atom stereocenters. The Hall–Kier alpha value is -1.87. The van der Waals surface area contributed by atoms with Crippen molar-refractivity contribution >= 4 is 21.7 Å². The summed E-state index contributed by atoms with van der Waals surface area (Å²) in [4.78, 5) is 24.3. The van der Waals surface area contributed by atoms with Crippen LogP contribution in [0.5, 0.6) is 0 Å². The molecule has 2 rings (SSSR count). The second-order valence-corrected chi connectivity index (χ2v) is 7.08. The SMILES string of the molecule is NCc1ccc(C(=O)N(CC(=O)O)C2CCS(=O)(=O)C2)o1. The fourth-order valence-corrected chi connectivity index (χ4v) is 4.01. The van der Waals surface area contributed by atoms with Crippen molar-refractivity contribution < 1.29 is 27.5 Å². The van der Waals surface area contributed by atoms with E-state index < -0.39 is 34.3 Å². The van der Waals surface area contributed by atoms with Gasteiger partial charge >= 0.3 is 5.97 Å². The predicted octanol–water partition coefficient (Wildman–Crippen LogP) is -0.548. The van der Waals surface area contributed by atoms with E-state index >= 15 is 0 Å². The Morgan fingerprint density at radius 2 is 2.14 bits per heavy atom. The second-order valence-electron chi connectivity index (χ2n) is 4.85. The number of hydrogen-bond donors (Lipinski definition) is 2. The van der Waals surface area contributed by atoms with Crippen LogP contribution < -0.4 is 5.73 Å². The number of carbonyl (C=O) groups excluding carboxylic acids is 1. The van der Waals surface area contributed by atoms with Gasteiger partial charge in [-0.2, -0.15) is 0 Å². The van der Waals surface area contributed by atoms with Crippen LogP contribution in [0, 0.1) is 0 Å². The second kappa shape index (κ2) is 5.86. The van der Waals surface area contributed by atoms with Crippen molar-refractivity contribution in [2.75, 3.05) is 18.1 Å². The van der Waals surface area contributed by atoms with Crippen molar-refractivity contribution in [2.45, 2.75) is 19.0 Å². The van der Waals surface area contributed by atoms with Crippen molar-refractivity contribution in [3.8, 4) is 0 Å². The van der Waals surface area contributed by atoms with E-state index in [0.717, 1.165) is 4.90 Å². The van der Waals surface area contributed by atoms with Crippen LogP contribution in [0.1, 0.15) is 22.7 Å². The third kappa shape index (κ3) is 3.61. The molecule has 9 heteroatoms. The molecule has 116 valence electrons. The Morgan fingerprint density at radius 3 is 2.62 bits per heavy atom. The number of amides is 1. The number of carboxylic acids is 1. The van der Waals surface area contributed by atoms with Crippen LogP contribution in [-0.2, 0) is 21.2 Å². The van der Waals surface area contributed by atoms with Gasteiger partial charge in [-0.25, -0.2) is 8.42 Å². The fraction of sp³-hybridized carbons (Fsp3) is 0.500. The summed E-state index contributed by atoms with van der Waals surface area (Å²) >= 11 is 0. The van der Waals surface area contributed by atoms with Crippen LogP contribution in [0.4, 0.5) is 0 Å². The Kier molecular flexibility index (Phi) is 4.33. The number of hydrogen-bond acceptors (Lipinski definition) is 6. The van der Waals surface area contributed by atoms with Gasteiger partial charge in [0.1, 0.15) is 12.3 Å². The first-order valence-corrected chi connectivity index (χ1v) is 8.16. The number of sulfone groups is 1. The molecule has 1 aliphatic rings. The smallest absolute Gasteiger partial charge is 0.323 e. The molecule has 1 atom stereocenters. The molecule has 8 nitrogen and oxygen atoms in total. The van der Waals surface area contributed by atoms with E-state index in [2.05, 4.69) is 0 Å². The minimum atomic E-state index is -3.23. The van der Waals surface area contributed by atoms with Gasteiger partial charge in [-0.15, -0.1) is 0 Å². The molecular weight excluding hydrogens is 300 g/mol. The molecule has 1 aromatic rings. The van der Waals surface area contributed by atoms with Crippen LogP contribution in [0.2, 0.25) is 0 Å². The first-order chi connectivity index (χ1) is 9.82. The molecule has 1 aromatic heterocycles. The molecule has 1 aliphatic heterocycles. The third-order valence-corrected chi connectivity index (χ3v) is 5.04. The maximum Gasteiger partial charge on any atom is 0.323 e. The van der Waals surface area contributed by atoms with Gasteiger partial charge in [-0.1, -0.05) is 0 Å². The monoisotopic (exact) mass is 316 g/mol. The summed E-state index contributed by atoms with van der Waals surface area (Å²) in [5.41, 5.74) is 5.39. The Bertz CT molecular complexity index is 650. The summed E-state index contributed by atoms with van der Waals surface area (Å²) in [6.45, 7) is -0.457. The van der Waals surface area contributed by atoms with Crippen molar-refractivity contribution in [3.05, 3.63) is 23.7 Å². The molecule has 21 heavy (non-hydrogen) atoms. The average Bonchev–Trinajstić information content (AvgIpc) is 3.01. The molecule has 1 fully saturated rings. The van der Waals surface area contributed by atoms with Crippen molar-refractivity contribution in [2.24, 2.45) is 5.73 Å². The normalized spacial score (nSPS) is 20.3. The molecule has 1 saturated heterocycles. The Labute approximate surface area is 121 Å². The van der Waals surface area contributed by atoms with Gasteiger partial charge in [0.05, 0.1) is 18.1 Å². The van der Waals surface area contributed by atoms with Gasteiger partial charge in [0.25, 0.3) is 5.91 Å². The highest BCUT2D eigenvalue weighted by Gasteiger charge is 2.36. The van der Waals surface area contributed by atoms with Crippen molar-refractivity contribution in [1.82, 2.24) is 4.90 Å². The molecule has 3 N–H and O–H groups in total. The number of aliphatic carboxylic acids is 1. The van der Waals surface area contributed by atoms with Gasteiger partial charge in [0.15, 0.2) is 15.6 Å². The maximum absolute atomic E-state index is 12.3. The minimum Gasteiger partial charge on any atom is -0.480 e. The Morgan fingerprint density at radius 1 is 1.43 bits per heavy atom. The Balaban J connectivity index is 2.23. The molecule has 1 amide bonds. The third-order valence-electron chi connectivity index (χ3n) is 3.29. The molecule has 0 radical (unpaired) electrons. The first kappa shape index (κ1) is 15.5. The van der Waals surface area contributed by atoms with E-state index in [1.54, 1.807) is 0 Å². The topological polar surface area (TPSA) is 131 Å². The van der Waals surface area contributed by atoms with Gasteiger partial charge in [-0.3, -0.25) is 9.59 Å². The maximum atomic E-state index is 12.3. The van der Waals surface area contributed by atoms with Crippen LogP contribution in [0.15, 0.2) is 16.5 Å². The van der Waals surface area contributed by atoms with Gasteiger partial charge in [-0.05, 0) is 18.6 Å². The van der Waals surface area contributed by atoms with Crippen molar-refractivity contribution in [3.63, 3.8) is 0 Å². The zero-order chi connectivity index (χ0) is 15.6. The zero-order valence-electron chi connectivity index (χ0n) is 11.2. The highest BCUT2D eigenvalue weighted by atomic mass is 32.2. The van der Waals surface area contributed by atoms with Crippen LogP contribution in [0.3, 0.4) is 0 Å². The summed E-state index contributed by atoms with van der Waals surface area (Å²) in [7, 11) is -3.23.